The Bertz CT molecular complexity index is 597. The van der Waals surface area contributed by atoms with Crippen molar-refractivity contribution in [2.45, 2.75) is 0 Å². The number of hydrogen-bond donors (Lipinski definition) is 0. The molecule has 0 aliphatic heterocycles. The molecule has 0 saturated heterocycles. The number of rotatable bonds is 1. The van der Waals surface area contributed by atoms with Gasteiger partial charge >= 0.3 is 0 Å². The molecule has 8 nitrogen and oxygen atoms in total. The second-order valence-corrected chi connectivity index (χ2v) is 2.66. The van der Waals surface area contributed by atoms with Crippen LogP contribution < -0.4 is 4.90 Å². The Morgan fingerprint density at radius 1 is 1.60 bits per heavy atom. The molecule has 2 rings (SSSR count). The van der Waals surface area contributed by atoms with Crippen LogP contribution >= 0.6 is 0 Å². The Kier molecular flexibility index (Phi) is 1.73. The SMILES string of the molecule is N#Cc1cc([N+](=O)[O-])cc2c1no[n+]2[O-]. The van der Waals surface area contributed by atoms with E-state index in [1.54, 1.807) is 6.07 Å². The fraction of sp³-hybridized carbons (Fsp3) is 0. The van der Waals surface area contributed by atoms with Crippen molar-refractivity contribution in [2.75, 3.05) is 0 Å². The second kappa shape index (κ2) is 2.91. The zero-order valence-corrected chi connectivity index (χ0v) is 7.08. The smallest absolute Gasteiger partial charge is 0.275 e. The lowest BCUT2D eigenvalue weighted by Gasteiger charge is -1.90. The topological polar surface area (TPSA) is 120 Å². The number of nitro benzene ring substituents is 1. The molecule has 0 fully saturated rings. The van der Waals surface area contributed by atoms with E-state index in [1.165, 1.54) is 0 Å². The van der Waals surface area contributed by atoms with Crippen molar-refractivity contribution in [2.24, 2.45) is 0 Å². The molecule has 15 heavy (non-hydrogen) atoms. The van der Waals surface area contributed by atoms with Gasteiger partial charge in [-0.1, -0.05) is 0 Å². The zero-order chi connectivity index (χ0) is 11.0. The van der Waals surface area contributed by atoms with Crippen molar-refractivity contribution in [1.82, 2.24) is 5.16 Å². The first-order valence-corrected chi connectivity index (χ1v) is 3.71. The largest absolute Gasteiger partial charge is 0.359 e. The van der Waals surface area contributed by atoms with Crippen LogP contribution in [0.5, 0.6) is 0 Å². The maximum absolute atomic E-state index is 11.0. The number of benzene rings is 1. The van der Waals surface area contributed by atoms with Crippen LogP contribution in [0.2, 0.25) is 0 Å². The fourth-order valence-corrected chi connectivity index (χ4v) is 1.15. The lowest BCUT2D eigenvalue weighted by atomic mass is 10.2. The monoisotopic (exact) mass is 206 g/mol. The quantitative estimate of drug-likeness (QED) is 0.374. The number of fused-ring (bicyclic) bond motifs is 1. The van der Waals surface area contributed by atoms with Gasteiger partial charge in [-0.15, -0.1) is 0 Å². The molecule has 0 aliphatic carbocycles. The van der Waals surface area contributed by atoms with Gasteiger partial charge in [-0.3, -0.25) is 14.7 Å². The predicted molar refractivity (Wildman–Crippen MR) is 44.3 cm³/mol. The highest BCUT2D eigenvalue weighted by Crippen LogP contribution is 2.21. The Balaban J connectivity index is 2.87. The molecule has 0 bridgehead atoms. The summed E-state index contributed by atoms with van der Waals surface area (Å²) in [7, 11) is 0. The average Bonchev–Trinajstić information content (AvgIpc) is 2.59. The van der Waals surface area contributed by atoms with E-state index in [4.69, 9.17) is 5.26 Å². The first-order valence-electron chi connectivity index (χ1n) is 3.71. The van der Waals surface area contributed by atoms with Crippen molar-refractivity contribution >= 4 is 16.7 Å². The molecule has 0 aliphatic rings. The summed E-state index contributed by atoms with van der Waals surface area (Å²) in [5.74, 6) is 0. The molecule has 0 N–H and O–H groups in total. The summed E-state index contributed by atoms with van der Waals surface area (Å²) < 4.78 is 4.23. The minimum atomic E-state index is -0.701. The molecule has 0 amide bonds. The van der Waals surface area contributed by atoms with Gasteiger partial charge in [-0.05, 0) is 4.90 Å². The number of aromatic nitrogens is 2. The first-order chi connectivity index (χ1) is 7.13. The maximum atomic E-state index is 11.0. The highest BCUT2D eigenvalue weighted by molar-refractivity contribution is 5.80. The summed E-state index contributed by atoms with van der Waals surface area (Å²) in [5.41, 5.74) is -0.553. The van der Waals surface area contributed by atoms with Gasteiger partial charge in [0.2, 0.25) is 5.52 Å². The number of non-ortho nitro benzene ring substituents is 1. The molecule has 0 radical (unpaired) electrons. The summed E-state index contributed by atoms with van der Waals surface area (Å²) in [6.07, 6.45) is 0. The Labute approximate surface area is 81.6 Å². The predicted octanol–water partition coefficient (Wildman–Crippen LogP) is 0.241. The van der Waals surface area contributed by atoms with Crippen molar-refractivity contribution < 1.29 is 14.5 Å². The molecule has 0 saturated carbocycles. The molecule has 2 aromatic rings. The molecular formula is C7H2N4O4. The van der Waals surface area contributed by atoms with Crippen LogP contribution in [0.15, 0.2) is 16.8 Å². The van der Waals surface area contributed by atoms with Gasteiger partial charge in [-0.25, -0.2) is 0 Å². The molecule has 1 aromatic carbocycles. The molecule has 0 spiro atoms. The lowest BCUT2D eigenvalue weighted by molar-refractivity contribution is -0.782. The molecule has 1 heterocycles. The molecule has 0 atom stereocenters. The van der Waals surface area contributed by atoms with Crippen LogP contribution in [0.4, 0.5) is 5.69 Å². The van der Waals surface area contributed by atoms with Crippen LogP contribution in [0.1, 0.15) is 5.56 Å². The Morgan fingerprint density at radius 2 is 2.33 bits per heavy atom. The average molecular weight is 206 g/mol. The van der Waals surface area contributed by atoms with Gasteiger partial charge in [0, 0.05) is 11.2 Å². The standard InChI is InChI=1S/C7H2N4O4/c8-3-4-1-5(10(12)13)2-6-7(4)9-15-11(6)14/h1-2H. The van der Waals surface area contributed by atoms with Gasteiger partial charge in [0.05, 0.1) is 11.0 Å². The van der Waals surface area contributed by atoms with E-state index in [9.17, 15) is 15.3 Å². The third-order valence-corrected chi connectivity index (χ3v) is 1.81. The minimum absolute atomic E-state index is 0.0121. The number of nitrogens with zero attached hydrogens (tertiary/aromatic N) is 4. The van der Waals surface area contributed by atoms with Crippen molar-refractivity contribution in [3.8, 4) is 6.07 Å². The van der Waals surface area contributed by atoms with Crippen molar-refractivity contribution in [1.29, 1.82) is 5.26 Å². The Hall–Kier alpha value is -2.69. The fourth-order valence-electron chi connectivity index (χ4n) is 1.15. The molecule has 74 valence electrons. The van der Waals surface area contributed by atoms with Crippen LogP contribution in [-0.2, 0) is 0 Å². The third-order valence-electron chi connectivity index (χ3n) is 1.81. The molecule has 8 heteroatoms. The van der Waals surface area contributed by atoms with Gasteiger partial charge in [-0.2, -0.15) is 5.26 Å². The summed E-state index contributed by atoms with van der Waals surface area (Å²) in [6, 6.07) is 3.73. The normalized spacial score (nSPS) is 10.1. The zero-order valence-electron chi connectivity index (χ0n) is 7.08. The second-order valence-electron chi connectivity index (χ2n) is 2.66. The Morgan fingerprint density at radius 3 is 2.93 bits per heavy atom. The maximum Gasteiger partial charge on any atom is 0.275 e. The van der Waals surface area contributed by atoms with E-state index in [1.807, 2.05) is 0 Å². The van der Waals surface area contributed by atoms with Gasteiger partial charge in [0.1, 0.15) is 11.6 Å². The summed E-state index contributed by atoms with van der Waals surface area (Å²) in [6.45, 7) is 0. The van der Waals surface area contributed by atoms with Crippen LogP contribution in [0, 0.1) is 26.7 Å². The van der Waals surface area contributed by atoms with Gasteiger partial charge in [0.25, 0.3) is 11.2 Å². The van der Waals surface area contributed by atoms with Gasteiger partial charge in [0.15, 0.2) is 0 Å². The minimum Gasteiger partial charge on any atom is -0.359 e. The van der Waals surface area contributed by atoms with E-state index in [2.05, 4.69) is 9.79 Å². The van der Waals surface area contributed by atoms with E-state index in [-0.39, 0.29) is 27.2 Å². The summed E-state index contributed by atoms with van der Waals surface area (Å²) in [4.78, 5) is 9.80. The lowest BCUT2D eigenvalue weighted by Crippen LogP contribution is -2.22. The van der Waals surface area contributed by atoms with Crippen LogP contribution in [-0.4, -0.2) is 10.1 Å². The molecular weight excluding hydrogens is 204 g/mol. The first kappa shape index (κ1) is 8.89. The molecule has 0 unspecified atom stereocenters. The van der Waals surface area contributed by atoms with E-state index in [0.29, 0.717) is 0 Å². The van der Waals surface area contributed by atoms with E-state index < -0.39 is 4.92 Å². The van der Waals surface area contributed by atoms with Crippen molar-refractivity contribution in [3.63, 3.8) is 0 Å². The highest BCUT2D eigenvalue weighted by atomic mass is 16.8. The molecule has 1 aromatic heterocycles. The van der Waals surface area contributed by atoms with Crippen LogP contribution in [0.3, 0.4) is 0 Å². The summed E-state index contributed by atoms with van der Waals surface area (Å²) in [5, 5.41) is 33.5. The van der Waals surface area contributed by atoms with Crippen molar-refractivity contribution in [3.05, 3.63) is 33.0 Å². The number of nitro groups is 1. The number of hydrogen-bond acceptors (Lipinski definition) is 6. The van der Waals surface area contributed by atoms with Crippen LogP contribution in [0.25, 0.3) is 11.0 Å². The number of nitriles is 1. The van der Waals surface area contributed by atoms with E-state index in [0.717, 1.165) is 12.1 Å². The van der Waals surface area contributed by atoms with Gasteiger partial charge < -0.3 is 5.21 Å². The summed E-state index contributed by atoms with van der Waals surface area (Å²) >= 11 is 0. The van der Waals surface area contributed by atoms with E-state index >= 15 is 0 Å². The highest BCUT2D eigenvalue weighted by Gasteiger charge is 2.20. The third kappa shape index (κ3) is 1.22.